The van der Waals surface area contributed by atoms with Crippen LogP contribution in [0.3, 0.4) is 0 Å². The second-order valence-electron chi connectivity index (χ2n) is 5.60. The molecule has 1 aromatic carbocycles. The van der Waals surface area contributed by atoms with Gasteiger partial charge in [-0.15, -0.1) is 21.5 Å². The number of thiazole rings is 1. The Morgan fingerprint density at radius 3 is 2.82 bits per heavy atom. The van der Waals surface area contributed by atoms with Crippen LogP contribution in [0.1, 0.15) is 10.9 Å². The molecule has 9 heteroatoms. The lowest BCUT2D eigenvalue weighted by Gasteiger charge is -2.03. The van der Waals surface area contributed by atoms with Crippen LogP contribution < -0.4 is 0 Å². The molecule has 4 aromatic rings. The smallest absolute Gasteiger partial charge is 0.284 e. The van der Waals surface area contributed by atoms with E-state index in [1.807, 2.05) is 35.7 Å². The minimum Gasteiger partial charge on any atom is -0.459 e. The summed E-state index contributed by atoms with van der Waals surface area (Å²) in [5.41, 5.74) is 1.70. The highest BCUT2D eigenvalue weighted by molar-refractivity contribution is 7.99. The maximum atomic E-state index is 12.5. The molecule has 0 fully saturated rings. The number of thioether (sulfide) groups is 1. The van der Waals surface area contributed by atoms with E-state index in [1.54, 1.807) is 12.1 Å². The van der Waals surface area contributed by atoms with Crippen molar-refractivity contribution in [3.8, 4) is 29.0 Å². The molecule has 7 nitrogen and oxygen atoms in total. The number of carbonyl (C=O) groups excluding carboxylic acids is 1. The molecule has 0 radical (unpaired) electrons. The molecule has 0 aliphatic heterocycles. The highest BCUT2D eigenvalue weighted by atomic mass is 32.2. The number of nitrogens with zero attached hydrogens (tertiary/aromatic N) is 4. The van der Waals surface area contributed by atoms with E-state index in [0.717, 1.165) is 23.0 Å². The molecule has 0 saturated heterocycles. The summed E-state index contributed by atoms with van der Waals surface area (Å²) in [6.07, 6.45) is 1.51. The predicted octanol–water partition coefficient (Wildman–Crippen LogP) is 4.42. The van der Waals surface area contributed by atoms with Gasteiger partial charge in [-0.25, -0.2) is 4.98 Å². The molecule has 28 heavy (non-hydrogen) atoms. The van der Waals surface area contributed by atoms with Gasteiger partial charge in [0.25, 0.3) is 11.1 Å². The molecule has 0 aliphatic rings. The van der Waals surface area contributed by atoms with Crippen LogP contribution in [0.2, 0.25) is 0 Å². The normalized spacial score (nSPS) is 11.8. The molecule has 0 bridgehead atoms. The van der Waals surface area contributed by atoms with E-state index in [2.05, 4.69) is 21.3 Å². The van der Waals surface area contributed by atoms with Crippen molar-refractivity contribution < 1.29 is 13.6 Å². The van der Waals surface area contributed by atoms with E-state index in [9.17, 15) is 10.1 Å². The Balaban J connectivity index is 1.42. The topological polar surface area (TPSA) is 106 Å². The zero-order valence-corrected chi connectivity index (χ0v) is 15.9. The molecule has 0 amide bonds. The van der Waals surface area contributed by atoms with E-state index in [1.165, 1.54) is 17.6 Å². The molecule has 0 saturated carbocycles. The lowest BCUT2D eigenvalue weighted by Crippen LogP contribution is -2.13. The minimum absolute atomic E-state index is 0.0261. The van der Waals surface area contributed by atoms with Gasteiger partial charge in [0.2, 0.25) is 0 Å². The highest BCUT2D eigenvalue weighted by Crippen LogP contribution is 2.29. The first-order chi connectivity index (χ1) is 13.7. The van der Waals surface area contributed by atoms with Crippen molar-refractivity contribution in [2.75, 3.05) is 5.75 Å². The Bertz CT molecular complexity index is 1110. The summed E-state index contributed by atoms with van der Waals surface area (Å²) >= 11 is 2.38. The first-order valence-corrected chi connectivity index (χ1v) is 10.0. The van der Waals surface area contributed by atoms with Gasteiger partial charge >= 0.3 is 0 Å². The Kier molecular flexibility index (Phi) is 5.32. The molecule has 1 atom stereocenters. The Labute approximate surface area is 168 Å². The Hall–Kier alpha value is -3.22. The van der Waals surface area contributed by atoms with Crippen molar-refractivity contribution in [3.63, 3.8) is 0 Å². The van der Waals surface area contributed by atoms with E-state index in [0.29, 0.717) is 10.8 Å². The fourth-order valence-electron chi connectivity index (χ4n) is 2.41. The molecule has 3 heterocycles. The molecule has 4 rings (SSSR count). The average molecular weight is 408 g/mol. The molecule has 138 valence electrons. The number of nitriles is 1. The fourth-order valence-corrected chi connectivity index (χ4v) is 3.97. The van der Waals surface area contributed by atoms with Gasteiger partial charge in [0, 0.05) is 10.9 Å². The van der Waals surface area contributed by atoms with E-state index in [4.69, 9.17) is 8.83 Å². The quantitative estimate of drug-likeness (QED) is 0.414. The maximum absolute atomic E-state index is 12.5. The zero-order valence-electron chi connectivity index (χ0n) is 14.3. The second-order valence-corrected chi connectivity index (χ2v) is 7.42. The van der Waals surface area contributed by atoms with Crippen LogP contribution in [0.5, 0.6) is 0 Å². The van der Waals surface area contributed by atoms with E-state index in [-0.39, 0.29) is 22.6 Å². The lowest BCUT2D eigenvalue weighted by molar-refractivity contribution is -0.116. The molecular weight excluding hydrogens is 396 g/mol. The molecule has 0 aliphatic carbocycles. The van der Waals surface area contributed by atoms with Crippen LogP contribution in [0, 0.1) is 11.3 Å². The van der Waals surface area contributed by atoms with Crippen LogP contribution in [0.25, 0.3) is 22.9 Å². The maximum Gasteiger partial charge on any atom is 0.284 e. The van der Waals surface area contributed by atoms with Gasteiger partial charge in [0.1, 0.15) is 5.01 Å². The second kappa shape index (κ2) is 8.21. The van der Waals surface area contributed by atoms with Gasteiger partial charge in [0.15, 0.2) is 17.5 Å². The number of aromatic nitrogens is 3. The molecule has 0 spiro atoms. The largest absolute Gasteiger partial charge is 0.459 e. The lowest BCUT2D eigenvalue weighted by atomic mass is 10.1. The van der Waals surface area contributed by atoms with Gasteiger partial charge in [0.05, 0.1) is 23.8 Å². The predicted molar refractivity (Wildman–Crippen MR) is 104 cm³/mol. The minimum atomic E-state index is -0.928. The summed E-state index contributed by atoms with van der Waals surface area (Å²) in [5.74, 6) is -0.471. The third-order valence-electron chi connectivity index (χ3n) is 3.77. The number of carbonyl (C=O) groups is 1. The average Bonchev–Trinajstić information content (AvgIpc) is 3.48. The van der Waals surface area contributed by atoms with Crippen molar-refractivity contribution in [1.82, 2.24) is 15.2 Å². The third-order valence-corrected chi connectivity index (χ3v) is 5.52. The van der Waals surface area contributed by atoms with Crippen LogP contribution in [0.15, 0.2) is 68.2 Å². The number of hydrogen-bond acceptors (Lipinski definition) is 9. The summed E-state index contributed by atoms with van der Waals surface area (Å²) in [5, 5.41) is 19.8. The number of rotatable bonds is 7. The van der Waals surface area contributed by atoms with Crippen LogP contribution >= 0.6 is 23.1 Å². The summed E-state index contributed by atoms with van der Waals surface area (Å²) in [6.45, 7) is 0. The molecule has 3 aromatic heterocycles. The van der Waals surface area contributed by atoms with Gasteiger partial charge in [-0.1, -0.05) is 42.1 Å². The van der Waals surface area contributed by atoms with Gasteiger partial charge in [-0.2, -0.15) is 5.26 Å². The number of ketones is 1. The number of hydrogen-bond donors (Lipinski definition) is 0. The fraction of sp³-hybridized carbons (Fsp3) is 0.105. The van der Waals surface area contributed by atoms with E-state index >= 15 is 0 Å². The van der Waals surface area contributed by atoms with E-state index < -0.39 is 5.92 Å². The van der Waals surface area contributed by atoms with Crippen LogP contribution in [0.4, 0.5) is 0 Å². The summed E-state index contributed by atoms with van der Waals surface area (Å²) < 4.78 is 10.6. The van der Waals surface area contributed by atoms with Crippen LogP contribution in [-0.2, 0) is 4.79 Å². The van der Waals surface area contributed by atoms with Crippen molar-refractivity contribution in [1.29, 1.82) is 5.26 Å². The first kappa shape index (κ1) is 18.2. The van der Waals surface area contributed by atoms with Crippen molar-refractivity contribution >= 4 is 28.9 Å². The van der Waals surface area contributed by atoms with Gasteiger partial charge in [-0.3, -0.25) is 4.79 Å². The SMILES string of the molecule is N#CC(C(=O)CSc1nnc(-c2ccco2)o1)c1nc(-c2ccccc2)cs1. The number of benzene rings is 1. The first-order valence-electron chi connectivity index (χ1n) is 8.18. The van der Waals surface area contributed by atoms with Crippen LogP contribution in [-0.4, -0.2) is 26.7 Å². The standard InChI is InChI=1S/C19H12N4O3S2/c20-9-13(18-21-14(10-27-18)12-5-2-1-3-6-12)15(24)11-28-19-23-22-17(26-19)16-7-4-8-25-16/h1-8,10,13H,11H2. The Morgan fingerprint density at radius 2 is 2.07 bits per heavy atom. The summed E-state index contributed by atoms with van der Waals surface area (Å²) in [4.78, 5) is 17.0. The summed E-state index contributed by atoms with van der Waals surface area (Å²) in [6, 6.07) is 15.1. The number of furan rings is 1. The summed E-state index contributed by atoms with van der Waals surface area (Å²) in [7, 11) is 0. The highest BCUT2D eigenvalue weighted by Gasteiger charge is 2.25. The van der Waals surface area contributed by atoms with Gasteiger partial charge in [-0.05, 0) is 12.1 Å². The molecule has 1 unspecified atom stereocenters. The van der Waals surface area contributed by atoms with Crippen molar-refractivity contribution in [2.45, 2.75) is 11.1 Å². The van der Waals surface area contributed by atoms with Crippen molar-refractivity contribution in [3.05, 3.63) is 59.1 Å². The van der Waals surface area contributed by atoms with Gasteiger partial charge < -0.3 is 8.83 Å². The Morgan fingerprint density at radius 1 is 1.21 bits per heavy atom. The zero-order chi connectivity index (χ0) is 19.3. The number of Topliss-reactive ketones (excluding diaryl/α,β-unsaturated/α-hetero) is 1. The molecule has 0 N–H and O–H groups in total. The van der Waals surface area contributed by atoms with Crippen molar-refractivity contribution in [2.24, 2.45) is 0 Å². The monoisotopic (exact) mass is 408 g/mol. The molecular formula is C19H12N4O3S2. The third kappa shape index (κ3) is 3.88.